The monoisotopic (exact) mass is 231 g/mol. The molecule has 0 spiro atoms. The Labute approximate surface area is 96.0 Å². The van der Waals surface area contributed by atoms with Crippen molar-refractivity contribution in [2.45, 2.75) is 49.9 Å². The first-order valence-corrected chi connectivity index (χ1v) is 6.80. The molecule has 1 unspecified atom stereocenters. The average molecular weight is 231 g/mol. The van der Waals surface area contributed by atoms with E-state index in [0.717, 1.165) is 6.54 Å². The molecule has 88 valence electrons. The van der Waals surface area contributed by atoms with Crippen molar-refractivity contribution in [1.29, 1.82) is 0 Å². The third kappa shape index (κ3) is 4.03. The van der Waals surface area contributed by atoms with Crippen LogP contribution >= 0.6 is 11.8 Å². The van der Waals surface area contributed by atoms with Crippen molar-refractivity contribution in [2.24, 2.45) is 0 Å². The molecule has 1 saturated carbocycles. The predicted octanol–water partition coefficient (Wildman–Crippen LogP) is 1.55. The van der Waals surface area contributed by atoms with Gasteiger partial charge in [0, 0.05) is 17.7 Å². The Morgan fingerprint density at radius 1 is 1.60 bits per heavy atom. The quantitative estimate of drug-likeness (QED) is 0.729. The molecule has 1 atom stereocenters. The van der Waals surface area contributed by atoms with Crippen molar-refractivity contribution in [2.75, 3.05) is 12.8 Å². The number of amides is 1. The van der Waals surface area contributed by atoms with E-state index >= 15 is 0 Å². The van der Waals surface area contributed by atoms with E-state index in [4.69, 9.17) is 5.11 Å². The summed E-state index contributed by atoms with van der Waals surface area (Å²) in [6, 6.07) is 0. The van der Waals surface area contributed by atoms with Crippen LogP contribution in [0.4, 0.5) is 0 Å². The Hall–Kier alpha value is -0.220. The summed E-state index contributed by atoms with van der Waals surface area (Å²) in [4.78, 5) is 11.4. The van der Waals surface area contributed by atoms with Crippen LogP contribution in [-0.4, -0.2) is 34.7 Å². The lowest BCUT2D eigenvalue weighted by molar-refractivity contribution is -0.121. The maximum atomic E-state index is 11.4. The highest BCUT2D eigenvalue weighted by molar-refractivity contribution is 8.00. The van der Waals surface area contributed by atoms with Gasteiger partial charge in [0.25, 0.3) is 0 Å². The van der Waals surface area contributed by atoms with Crippen LogP contribution in [0.3, 0.4) is 0 Å². The molecule has 1 aliphatic rings. The Balaban J connectivity index is 2.16. The third-order valence-corrected chi connectivity index (χ3v) is 4.51. The zero-order chi connectivity index (χ0) is 11.3. The van der Waals surface area contributed by atoms with Gasteiger partial charge in [-0.1, -0.05) is 6.42 Å². The molecule has 0 saturated heterocycles. The first-order valence-electron chi connectivity index (χ1n) is 5.58. The largest absolute Gasteiger partial charge is 0.393 e. The van der Waals surface area contributed by atoms with Crippen molar-refractivity contribution >= 4 is 17.7 Å². The van der Waals surface area contributed by atoms with Crippen molar-refractivity contribution < 1.29 is 9.90 Å². The minimum atomic E-state index is -0.381. The second kappa shape index (κ2) is 5.75. The summed E-state index contributed by atoms with van der Waals surface area (Å²) >= 11 is 1.86. The van der Waals surface area contributed by atoms with Gasteiger partial charge in [0.05, 0.1) is 6.10 Å². The molecule has 1 amide bonds. The number of carbonyl (C=O) groups is 1. The molecule has 1 fully saturated rings. The van der Waals surface area contributed by atoms with Gasteiger partial charge >= 0.3 is 0 Å². The minimum absolute atomic E-state index is 0.0659. The third-order valence-electron chi connectivity index (χ3n) is 3.09. The van der Waals surface area contributed by atoms with Gasteiger partial charge in [-0.2, -0.15) is 11.8 Å². The summed E-state index contributed by atoms with van der Waals surface area (Å²) in [6.45, 7) is 2.50. The number of nitrogens with one attached hydrogen (secondary N) is 1. The van der Waals surface area contributed by atoms with Gasteiger partial charge in [-0.05, 0) is 32.4 Å². The van der Waals surface area contributed by atoms with Crippen LogP contribution in [0.1, 0.15) is 39.0 Å². The SMILES string of the molecule is CSC1(CNC(=O)CCC(C)O)CCC1. The fraction of sp³-hybridized carbons (Fsp3) is 0.909. The molecule has 0 radical (unpaired) electrons. The minimum Gasteiger partial charge on any atom is -0.393 e. The van der Waals surface area contributed by atoms with E-state index in [1.807, 2.05) is 11.8 Å². The van der Waals surface area contributed by atoms with Crippen LogP contribution in [0.5, 0.6) is 0 Å². The first-order chi connectivity index (χ1) is 7.08. The highest BCUT2D eigenvalue weighted by atomic mass is 32.2. The summed E-state index contributed by atoms with van der Waals surface area (Å²) in [7, 11) is 0. The fourth-order valence-corrected chi connectivity index (χ4v) is 2.63. The summed E-state index contributed by atoms with van der Waals surface area (Å²) < 4.78 is 0.306. The van der Waals surface area contributed by atoms with Crippen molar-refractivity contribution in [3.05, 3.63) is 0 Å². The predicted molar refractivity (Wildman–Crippen MR) is 64.0 cm³/mol. The summed E-state index contributed by atoms with van der Waals surface area (Å²) in [5.41, 5.74) is 0. The first kappa shape index (κ1) is 12.8. The molecular formula is C11H21NO2S. The maximum Gasteiger partial charge on any atom is 0.220 e. The van der Waals surface area contributed by atoms with E-state index in [1.165, 1.54) is 19.3 Å². The number of carbonyl (C=O) groups excluding carboxylic acids is 1. The standard InChI is InChI=1S/C11H21NO2S/c1-9(13)4-5-10(14)12-8-11(15-2)6-3-7-11/h9,13H,3-8H2,1-2H3,(H,12,14). The second-order valence-electron chi connectivity index (χ2n) is 4.41. The van der Waals surface area contributed by atoms with E-state index < -0.39 is 0 Å². The van der Waals surface area contributed by atoms with Crippen molar-refractivity contribution in [3.63, 3.8) is 0 Å². The van der Waals surface area contributed by atoms with E-state index in [9.17, 15) is 4.79 Å². The van der Waals surface area contributed by atoms with Crippen LogP contribution in [-0.2, 0) is 4.79 Å². The molecule has 0 bridgehead atoms. The highest BCUT2D eigenvalue weighted by Crippen LogP contribution is 2.42. The lowest BCUT2D eigenvalue weighted by atomic mass is 9.84. The van der Waals surface area contributed by atoms with E-state index in [2.05, 4.69) is 11.6 Å². The van der Waals surface area contributed by atoms with Gasteiger partial charge < -0.3 is 10.4 Å². The molecule has 1 rings (SSSR count). The number of hydrogen-bond donors (Lipinski definition) is 2. The highest BCUT2D eigenvalue weighted by Gasteiger charge is 2.36. The molecular weight excluding hydrogens is 210 g/mol. The number of rotatable bonds is 6. The number of thioether (sulfide) groups is 1. The molecule has 15 heavy (non-hydrogen) atoms. The van der Waals surface area contributed by atoms with Gasteiger partial charge in [-0.15, -0.1) is 0 Å². The van der Waals surface area contributed by atoms with Crippen LogP contribution < -0.4 is 5.32 Å². The van der Waals surface area contributed by atoms with Crippen LogP contribution in [0.25, 0.3) is 0 Å². The zero-order valence-electron chi connectivity index (χ0n) is 9.58. The van der Waals surface area contributed by atoms with Gasteiger partial charge in [0.15, 0.2) is 0 Å². The Morgan fingerprint density at radius 3 is 2.67 bits per heavy atom. The number of hydrogen-bond acceptors (Lipinski definition) is 3. The second-order valence-corrected chi connectivity index (χ2v) is 5.68. The van der Waals surface area contributed by atoms with Gasteiger partial charge in [0.2, 0.25) is 5.91 Å². The molecule has 4 heteroatoms. The normalized spacial score (nSPS) is 20.5. The Kier molecular flexibility index (Phi) is 4.93. The smallest absolute Gasteiger partial charge is 0.220 e. The van der Waals surface area contributed by atoms with Crippen LogP contribution in [0, 0.1) is 0 Å². The topological polar surface area (TPSA) is 49.3 Å². The zero-order valence-corrected chi connectivity index (χ0v) is 10.4. The summed E-state index contributed by atoms with van der Waals surface area (Å²) in [5, 5.41) is 12.0. The molecule has 0 aromatic carbocycles. The summed E-state index contributed by atoms with van der Waals surface area (Å²) in [6.07, 6.45) is 6.43. The van der Waals surface area contributed by atoms with E-state index in [0.29, 0.717) is 17.6 Å². The Morgan fingerprint density at radius 2 is 2.27 bits per heavy atom. The maximum absolute atomic E-state index is 11.4. The summed E-state index contributed by atoms with van der Waals surface area (Å²) in [5.74, 6) is 0.0659. The van der Waals surface area contributed by atoms with Crippen molar-refractivity contribution in [1.82, 2.24) is 5.32 Å². The lowest BCUT2D eigenvalue weighted by Gasteiger charge is -2.40. The molecule has 2 N–H and O–H groups in total. The molecule has 0 aromatic rings. The van der Waals surface area contributed by atoms with Crippen molar-refractivity contribution in [3.8, 4) is 0 Å². The Bertz CT molecular complexity index is 209. The number of aliphatic hydroxyl groups is 1. The number of aliphatic hydroxyl groups excluding tert-OH is 1. The molecule has 1 aliphatic carbocycles. The van der Waals surface area contributed by atoms with Gasteiger partial charge in [-0.3, -0.25) is 4.79 Å². The van der Waals surface area contributed by atoms with Gasteiger partial charge in [0.1, 0.15) is 0 Å². The van der Waals surface area contributed by atoms with Crippen LogP contribution in [0.2, 0.25) is 0 Å². The van der Waals surface area contributed by atoms with E-state index in [-0.39, 0.29) is 12.0 Å². The molecule has 0 heterocycles. The van der Waals surface area contributed by atoms with Gasteiger partial charge in [-0.25, -0.2) is 0 Å². The molecule has 3 nitrogen and oxygen atoms in total. The average Bonchev–Trinajstić information content (AvgIpc) is 2.14. The molecule has 0 aliphatic heterocycles. The fourth-order valence-electron chi connectivity index (χ4n) is 1.71. The lowest BCUT2D eigenvalue weighted by Crippen LogP contribution is -2.45. The van der Waals surface area contributed by atoms with Crippen LogP contribution in [0.15, 0.2) is 0 Å². The van der Waals surface area contributed by atoms with E-state index in [1.54, 1.807) is 6.92 Å². The molecule has 0 aromatic heterocycles.